The second kappa shape index (κ2) is 3.74. The SMILES string of the molecule is CN1C2=CC=CC=CC2=[N+](C)c2ccccc21. The molecule has 0 aromatic heterocycles. The first-order chi connectivity index (χ1) is 8.29. The number of hydrogen-bond donors (Lipinski definition) is 0. The highest BCUT2D eigenvalue weighted by atomic mass is 15.2. The van der Waals surface area contributed by atoms with Crippen molar-refractivity contribution in [2.75, 3.05) is 19.0 Å². The third-order valence-electron chi connectivity index (χ3n) is 3.32. The Morgan fingerprint density at radius 2 is 1.88 bits per heavy atom. The van der Waals surface area contributed by atoms with Gasteiger partial charge in [-0.3, -0.25) is 0 Å². The van der Waals surface area contributed by atoms with E-state index in [0.29, 0.717) is 0 Å². The molecule has 2 heteroatoms. The first-order valence-corrected chi connectivity index (χ1v) is 5.78. The summed E-state index contributed by atoms with van der Waals surface area (Å²) in [5.41, 5.74) is 4.95. The summed E-state index contributed by atoms with van der Waals surface area (Å²) in [4.78, 5) is 2.24. The van der Waals surface area contributed by atoms with E-state index in [4.69, 9.17) is 0 Å². The summed E-state index contributed by atoms with van der Waals surface area (Å²) in [6.07, 6.45) is 10.5. The number of nitrogens with zero attached hydrogens (tertiary/aromatic N) is 2. The average Bonchev–Trinajstić information content (AvgIpc) is 2.62. The summed E-state index contributed by atoms with van der Waals surface area (Å²) in [5.74, 6) is 0. The fourth-order valence-corrected chi connectivity index (χ4v) is 2.39. The maximum Gasteiger partial charge on any atom is 0.229 e. The second-order valence-corrected chi connectivity index (χ2v) is 4.29. The summed E-state index contributed by atoms with van der Waals surface area (Å²) < 4.78 is 2.24. The van der Waals surface area contributed by atoms with Crippen LogP contribution in [0.1, 0.15) is 0 Å². The van der Waals surface area contributed by atoms with Crippen LogP contribution >= 0.6 is 0 Å². The van der Waals surface area contributed by atoms with Gasteiger partial charge in [0.05, 0.1) is 0 Å². The number of rotatable bonds is 0. The summed E-state index contributed by atoms with van der Waals surface area (Å²) >= 11 is 0. The lowest BCUT2D eigenvalue weighted by molar-refractivity contribution is -0.404. The molecule has 2 aliphatic rings. The molecule has 1 heterocycles. The number of benzene rings is 1. The smallest absolute Gasteiger partial charge is 0.229 e. The van der Waals surface area contributed by atoms with Crippen molar-refractivity contribution in [3.05, 3.63) is 60.3 Å². The minimum atomic E-state index is 1.23. The van der Waals surface area contributed by atoms with Crippen LogP contribution in [-0.2, 0) is 0 Å². The molecule has 0 saturated heterocycles. The van der Waals surface area contributed by atoms with E-state index in [2.05, 4.69) is 78.2 Å². The van der Waals surface area contributed by atoms with Crippen molar-refractivity contribution >= 4 is 17.1 Å². The van der Waals surface area contributed by atoms with Crippen molar-refractivity contribution in [3.63, 3.8) is 0 Å². The highest BCUT2D eigenvalue weighted by Gasteiger charge is 2.29. The Morgan fingerprint density at radius 3 is 2.76 bits per heavy atom. The van der Waals surface area contributed by atoms with Gasteiger partial charge in [-0.2, -0.15) is 4.58 Å². The van der Waals surface area contributed by atoms with Gasteiger partial charge in [0.1, 0.15) is 18.4 Å². The summed E-state index contributed by atoms with van der Waals surface area (Å²) in [5, 5.41) is 0. The molecule has 1 aliphatic heterocycles. The molecule has 0 amide bonds. The Hall–Kier alpha value is -2.09. The van der Waals surface area contributed by atoms with E-state index in [1.165, 1.54) is 22.8 Å². The standard InChI is InChI=1S/C15H15N2/c1-16-12-8-4-3-5-9-13(12)17(2)15-11-7-6-10-14(15)16/h3-11H,1-2H3/q+1. The maximum absolute atomic E-state index is 2.24. The van der Waals surface area contributed by atoms with E-state index < -0.39 is 0 Å². The molecule has 2 nitrogen and oxygen atoms in total. The normalized spacial score (nSPS) is 17.5. The van der Waals surface area contributed by atoms with Crippen LogP contribution in [0.3, 0.4) is 0 Å². The maximum atomic E-state index is 2.24. The van der Waals surface area contributed by atoms with Crippen molar-refractivity contribution < 1.29 is 4.58 Å². The second-order valence-electron chi connectivity index (χ2n) is 4.29. The van der Waals surface area contributed by atoms with E-state index >= 15 is 0 Å². The van der Waals surface area contributed by atoms with Crippen LogP contribution in [-0.4, -0.2) is 24.4 Å². The molecular formula is C15H15N2+. The van der Waals surface area contributed by atoms with Crippen LogP contribution < -0.4 is 4.90 Å². The Kier molecular flexibility index (Phi) is 2.22. The third kappa shape index (κ3) is 1.45. The fourth-order valence-electron chi connectivity index (χ4n) is 2.39. The van der Waals surface area contributed by atoms with Gasteiger partial charge in [0, 0.05) is 19.2 Å². The molecule has 0 N–H and O–H groups in total. The Morgan fingerprint density at radius 1 is 1.06 bits per heavy atom. The molecule has 1 aliphatic carbocycles. The quantitative estimate of drug-likeness (QED) is 0.613. The van der Waals surface area contributed by atoms with Gasteiger partial charge in [0.25, 0.3) is 0 Å². The van der Waals surface area contributed by atoms with Gasteiger partial charge in [-0.25, -0.2) is 0 Å². The largest absolute Gasteiger partial charge is 0.334 e. The molecular weight excluding hydrogens is 208 g/mol. The predicted octanol–water partition coefficient (Wildman–Crippen LogP) is 2.86. The molecule has 3 rings (SSSR count). The minimum Gasteiger partial charge on any atom is -0.334 e. The summed E-state index contributed by atoms with van der Waals surface area (Å²) in [7, 11) is 4.23. The lowest BCUT2D eigenvalue weighted by Crippen LogP contribution is -2.31. The third-order valence-corrected chi connectivity index (χ3v) is 3.32. The molecule has 0 fully saturated rings. The van der Waals surface area contributed by atoms with E-state index in [1.54, 1.807) is 0 Å². The van der Waals surface area contributed by atoms with Crippen molar-refractivity contribution in [2.24, 2.45) is 0 Å². The molecule has 17 heavy (non-hydrogen) atoms. The molecule has 1 aromatic carbocycles. The van der Waals surface area contributed by atoms with Crippen LogP contribution in [0.25, 0.3) is 0 Å². The van der Waals surface area contributed by atoms with Crippen molar-refractivity contribution in [3.8, 4) is 0 Å². The first-order valence-electron chi connectivity index (χ1n) is 5.78. The van der Waals surface area contributed by atoms with Crippen LogP contribution in [0.4, 0.5) is 11.4 Å². The zero-order valence-electron chi connectivity index (χ0n) is 10.1. The van der Waals surface area contributed by atoms with Crippen LogP contribution in [0.2, 0.25) is 0 Å². The van der Waals surface area contributed by atoms with Crippen molar-refractivity contribution in [1.82, 2.24) is 0 Å². The molecule has 0 radical (unpaired) electrons. The van der Waals surface area contributed by atoms with E-state index in [-0.39, 0.29) is 0 Å². The van der Waals surface area contributed by atoms with Gasteiger partial charge in [0.2, 0.25) is 11.4 Å². The summed E-state index contributed by atoms with van der Waals surface area (Å²) in [6.45, 7) is 0. The summed E-state index contributed by atoms with van der Waals surface area (Å²) in [6, 6.07) is 8.47. The van der Waals surface area contributed by atoms with Crippen molar-refractivity contribution in [2.45, 2.75) is 0 Å². The highest BCUT2D eigenvalue weighted by molar-refractivity contribution is 6.10. The van der Waals surface area contributed by atoms with Crippen molar-refractivity contribution in [1.29, 1.82) is 0 Å². The van der Waals surface area contributed by atoms with Gasteiger partial charge in [0.15, 0.2) is 0 Å². The lowest BCUT2D eigenvalue weighted by atomic mass is 10.1. The van der Waals surface area contributed by atoms with Gasteiger partial charge < -0.3 is 4.90 Å². The van der Waals surface area contributed by atoms with Crippen LogP contribution in [0, 0.1) is 0 Å². The van der Waals surface area contributed by atoms with Gasteiger partial charge >= 0.3 is 0 Å². The minimum absolute atomic E-state index is 1.23. The van der Waals surface area contributed by atoms with E-state index in [0.717, 1.165) is 0 Å². The number of hydrogen-bond acceptors (Lipinski definition) is 1. The van der Waals surface area contributed by atoms with Gasteiger partial charge in [-0.15, -0.1) is 0 Å². The molecule has 0 unspecified atom stereocenters. The molecule has 1 aromatic rings. The van der Waals surface area contributed by atoms with Crippen LogP contribution in [0.5, 0.6) is 0 Å². The zero-order valence-corrected chi connectivity index (χ0v) is 10.1. The topological polar surface area (TPSA) is 6.25 Å². The lowest BCUT2D eigenvalue weighted by Gasteiger charge is -2.26. The van der Waals surface area contributed by atoms with Crippen LogP contribution in [0.15, 0.2) is 60.3 Å². The first kappa shape index (κ1) is 10.1. The monoisotopic (exact) mass is 223 g/mol. The van der Waals surface area contributed by atoms with E-state index in [9.17, 15) is 0 Å². The molecule has 0 spiro atoms. The Balaban J connectivity index is 2.31. The molecule has 84 valence electrons. The molecule has 0 saturated carbocycles. The predicted molar refractivity (Wildman–Crippen MR) is 72.1 cm³/mol. The Labute approximate surface area is 102 Å². The van der Waals surface area contributed by atoms with Gasteiger partial charge in [-0.05, 0) is 12.1 Å². The zero-order chi connectivity index (χ0) is 11.8. The number of anilines is 1. The Bertz CT molecular complexity index is 589. The number of allylic oxidation sites excluding steroid dienone is 5. The van der Waals surface area contributed by atoms with E-state index in [1.807, 2.05) is 0 Å². The van der Waals surface area contributed by atoms with Gasteiger partial charge in [-0.1, -0.05) is 30.4 Å². The number of fused-ring (bicyclic) bond motifs is 2. The molecule has 0 atom stereocenters. The average molecular weight is 223 g/mol. The fraction of sp³-hybridized carbons (Fsp3) is 0.133. The number of para-hydroxylation sites is 2. The highest BCUT2D eigenvalue weighted by Crippen LogP contribution is 2.34. The molecule has 0 bridgehead atoms.